The maximum atomic E-state index is 13.0. The molecule has 1 aliphatic rings. The maximum absolute atomic E-state index is 13.0. The lowest BCUT2D eigenvalue weighted by molar-refractivity contribution is -0.124. The molecular formula is C22H27ClN2O3S. The molecule has 0 spiro atoms. The van der Waals surface area contributed by atoms with E-state index >= 15 is 0 Å². The number of amides is 1. The van der Waals surface area contributed by atoms with Crippen molar-refractivity contribution in [1.82, 2.24) is 9.62 Å². The molecule has 1 atom stereocenters. The van der Waals surface area contributed by atoms with Gasteiger partial charge in [-0.15, -0.1) is 0 Å². The van der Waals surface area contributed by atoms with Crippen LogP contribution in [0.5, 0.6) is 0 Å². The average Bonchev–Trinajstić information content (AvgIpc) is 3.23. The summed E-state index contributed by atoms with van der Waals surface area (Å²) in [7, 11) is -3.74. The van der Waals surface area contributed by atoms with E-state index in [1.165, 1.54) is 27.6 Å². The summed E-state index contributed by atoms with van der Waals surface area (Å²) in [5, 5.41) is 3.44. The van der Waals surface area contributed by atoms with E-state index in [1.807, 2.05) is 0 Å². The molecule has 1 N–H and O–H groups in total. The lowest BCUT2D eigenvalue weighted by Gasteiger charge is -2.23. The van der Waals surface area contributed by atoms with Crippen molar-refractivity contribution < 1.29 is 13.2 Å². The number of aryl methyl sites for hydroxylation is 2. The summed E-state index contributed by atoms with van der Waals surface area (Å²) in [5.41, 5.74) is 3.50. The number of nitrogens with zero attached hydrogens (tertiary/aromatic N) is 1. The standard InChI is InChI=1S/C22H27ClN2O3S/c1-3-16-7-8-17(4-2)18(14-16)15-24-22(26)21-6-5-13-25(21)29(27,28)20-11-9-19(23)10-12-20/h7-12,14,21H,3-6,13,15H2,1-2H3,(H,24,26). The number of carbonyl (C=O) groups is 1. The van der Waals surface area contributed by atoms with E-state index in [4.69, 9.17) is 11.6 Å². The summed E-state index contributed by atoms with van der Waals surface area (Å²) in [6.07, 6.45) is 3.00. The van der Waals surface area contributed by atoms with E-state index in [2.05, 4.69) is 37.4 Å². The van der Waals surface area contributed by atoms with Gasteiger partial charge in [0, 0.05) is 18.1 Å². The van der Waals surface area contributed by atoms with Crippen LogP contribution in [0.1, 0.15) is 43.4 Å². The fraction of sp³-hybridized carbons (Fsp3) is 0.409. The number of sulfonamides is 1. The molecule has 1 unspecified atom stereocenters. The van der Waals surface area contributed by atoms with E-state index in [0.29, 0.717) is 31.0 Å². The first kappa shape index (κ1) is 21.8. The Morgan fingerprint density at radius 3 is 2.48 bits per heavy atom. The van der Waals surface area contributed by atoms with Crippen LogP contribution in [0.25, 0.3) is 0 Å². The molecule has 1 fully saturated rings. The molecule has 0 aromatic heterocycles. The zero-order valence-corrected chi connectivity index (χ0v) is 18.4. The van der Waals surface area contributed by atoms with Crippen LogP contribution in [-0.2, 0) is 34.2 Å². The third-order valence-corrected chi connectivity index (χ3v) is 7.61. The van der Waals surface area contributed by atoms with Crippen LogP contribution in [0.3, 0.4) is 0 Å². The molecule has 2 aromatic carbocycles. The fourth-order valence-electron chi connectivity index (χ4n) is 3.74. The minimum atomic E-state index is -3.74. The Morgan fingerprint density at radius 2 is 1.83 bits per heavy atom. The number of hydrogen-bond donors (Lipinski definition) is 1. The number of nitrogens with one attached hydrogen (secondary N) is 1. The van der Waals surface area contributed by atoms with E-state index in [1.54, 1.807) is 12.1 Å². The van der Waals surface area contributed by atoms with Gasteiger partial charge in [-0.2, -0.15) is 4.31 Å². The van der Waals surface area contributed by atoms with Crippen molar-refractivity contribution in [3.8, 4) is 0 Å². The first-order chi connectivity index (χ1) is 13.9. The first-order valence-corrected chi connectivity index (χ1v) is 11.8. The smallest absolute Gasteiger partial charge is 0.243 e. The topological polar surface area (TPSA) is 66.5 Å². The third-order valence-electron chi connectivity index (χ3n) is 5.44. The third kappa shape index (κ3) is 4.82. The zero-order chi connectivity index (χ0) is 21.0. The van der Waals surface area contributed by atoms with Crippen molar-refractivity contribution in [3.63, 3.8) is 0 Å². The van der Waals surface area contributed by atoms with Gasteiger partial charge in [-0.1, -0.05) is 43.6 Å². The highest BCUT2D eigenvalue weighted by molar-refractivity contribution is 7.89. The van der Waals surface area contributed by atoms with Crippen molar-refractivity contribution in [2.75, 3.05) is 6.54 Å². The Kier molecular flexibility index (Phi) is 6.98. The summed E-state index contributed by atoms with van der Waals surface area (Å²) < 4.78 is 27.4. The monoisotopic (exact) mass is 434 g/mol. The minimum absolute atomic E-state index is 0.158. The zero-order valence-electron chi connectivity index (χ0n) is 16.8. The second-order valence-corrected chi connectivity index (χ2v) is 9.58. The predicted octanol–water partition coefficient (Wildman–Crippen LogP) is 3.93. The van der Waals surface area contributed by atoms with Crippen LogP contribution in [0.2, 0.25) is 5.02 Å². The fourth-order valence-corrected chi connectivity index (χ4v) is 5.52. The highest BCUT2D eigenvalue weighted by atomic mass is 35.5. The van der Waals surface area contributed by atoms with Crippen molar-refractivity contribution in [2.45, 2.75) is 57.0 Å². The lowest BCUT2D eigenvalue weighted by atomic mass is 10.0. The van der Waals surface area contributed by atoms with Crippen LogP contribution in [-0.4, -0.2) is 31.2 Å². The number of carbonyl (C=O) groups excluding carboxylic acids is 1. The summed E-state index contributed by atoms with van der Waals surface area (Å²) >= 11 is 5.87. The normalized spacial score (nSPS) is 17.4. The van der Waals surface area contributed by atoms with E-state index < -0.39 is 16.1 Å². The molecule has 29 heavy (non-hydrogen) atoms. The van der Waals surface area contributed by atoms with E-state index in [9.17, 15) is 13.2 Å². The Morgan fingerprint density at radius 1 is 1.10 bits per heavy atom. The summed E-state index contributed by atoms with van der Waals surface area (Å²) in [6.45, 7) is 4.93. The second-order valence-electron chi connectivity index (χ2n) is 7.26. The second kappa shape index (κ2) is 9.28. The van der Waals surface area contributed by atoms with Crippen LogP contribution in [0, 0.1) is 0 Å². The Bertz CT molecular complexity index is 974. The molecular weight excluding hydrogens is 408 g/mol. The van der Waals surface area contributed by atoms with Gasteiger partial charge >= 0.3 is 0 Å². The summed E-state index contributed by atoms with van der Waals surface area (Å²) in [6, 6.07) is 11.7. The van der Waals surface area contributed by atoms with E-state index in [-0.39, 0.29) is 10.8 Å². The quantitative estimate of drug-likeness (QED) is 0.717. The lowest BCUT2D eigenvalue weighted by Crippen LogP contribution is -2.45. The Hall–Kier alpha value is -1.89. The van der Waals surface area contributed by atoms with Gasteiger partial charge in [0.1, 0.15) is 6.04 Å². The van der Waals surface area contributed by atoms with E-state index in [0.717, 1.165) is 18.4 Å². The molecule has 156 valence electrons. The van der Waals surface area contributed by atoms with Crippen molar-refractivity contribution >= 4 is 27.5 Å². The molecule has 0 bridgehead atoms. The van der Waals surface area contributed by atoms with Crippen LogP contribution < -0.4 is 5.32 Å². The Balaban J connectivity index is 1.74. The molecule has 0 aliphatic carbocycles. The van der Waals surface area contributed by atoms with Gasteiger partial charge in [-0.3, -0.25) is 4.79 Å². The van der Waals surface area contributed by atoms with Crippen LogP contribution >= 0.6 is 11.6 Å². The predicted molar refractivity (Wildman–Crippen MR) is 115 cm³/mol. The molecule has 0 radical (unpaired) electrons. The summed E-state index contributed by atoms with van der Waals surface area (Å²) in [4.78, 5) is 13.0. The van der Waals surface area contributed by atoms with Gasteiger partial charge in [0.25, 0.3) is 0 Å². The van der Waals surface area contributed by atoms with Gasteiger partial charge in [0.05, 0.1) is 4.90 Å². The summed E-state index contributed by atoms with van der Waals surface area (Å²) in [5.74, 6) is -0.246. The highest BCUT2D eigenvalue weighted by Crippen LogP contribution is 2.27. The number of rotatable bonds is 7. The minimum Gasteiger partial charge on any atom is -0.351 e. The SMILES string of the molecule is CCc1ccc(CC)c(CNC(=O)C2CCCN2S(=O)(=O)c2ccc(Cl)cc2)c1. The Labute approximate surface area is 178 Å². The molecule has 1 amide bonds. The van der Waals surface area contributed by atoms with Gasteiger partial charge in [-0.25, -0.2) is 8.42 Å². The molecule has 1 aliphatic heterocycles. The van der Waals surface area contributed by atoms with Gasteiger partial charge in [-0.05, 0) is 66.6 Å². The maximum Gasteiger partial charge on any atom is 0.243 e. The molecule has 0 saturated carbocycles. The van der Waals surface area contributed by atoms with Crippen molar-refractivity contribution in [1.29, 1.82) is 0 Å². The number of benzene rings is 2. The molecule has 3 rings (SSSR count). The molecule has 7 heteroatoms. The first-order valence-electron chi connectivity index (χ1n) is 10.0. The number of halogens is 1. The highest BCUT2D eigenvalue weighted by Gasteiger charge is 2.39. The van der Waals surface area contributed by atoms with Crippen molar-refractivity contribution in [2.24, 2.45) is 0 Å². The molecule has 5 nitrogen and oxygen atoms in total. The van der Waals surface area contributed by atoms with Gasteiger partial charge in [0.15, 0.2) is 0 Å². The average molecular weight is 435 g/mol. The number of hydrogen-bond acceptors (Lipinski definition) is 3. The van der Waals surface area contributed by atoms with Crippen molar-refractivity contribution in [3.05, 3.63) is 64.2 Å². The van der Waals surface area contributed by atoms with Crippen LogP contribution in [0.15, 0.2) is 47.4 Å². The molecule has 1 saturated heterocycles. The van der Waals surface area contributed by atoms with Gasteiger partial charge < -0.3 is 5.32 Å². The molecule has 1 heterocycles. The van der Waals surface area contributed by atoms with Gasteiger partial charge in [0.2, 0.25) is 15.9 Å². The largest absolute Gasteiger partial charge is 0.351 e. The molecule has 2 aromatic rings. The van der Waals surface area contributed by atoms with Crippen LogP contribution in [0.4, 0.5) is 0 Å².